The third kappa shape index (κ3) is 7.82. The zero-order valence-electron chi connectivity index (χ0n) is 14.5. The molecule has 0 atom stereocenters. The van der Waals surface area contributed by atoms with Crippen LogP contribution in [0.1, 0.15) is 96.8 Å². The van der Waals surface area contributed by atoms with Crippen molar-refractivity contribution in [3.05, 3.63) is 0 Å². The summed E-state index contributed by atoms with van der Waals surface area (Å²) in [5, 5.41) is 11.8. The number of carbonyl (C=O) groups is 1. The normalized spacial score (nSPS) is 15.3. The van der Waals surface area contributed by atoms with E-state index < -0.39 is 5.41 Å². The van der Waals surface area contributed by atoms with Gasteiger partial charge in [0.2, 0.25) is 5.91 Å². The number of hydrogen-bond donors (Lipinski definition) is 1. The van der Waals surface area contributed by atoms with Crippen molar-refractivity contribution < 1.29 is 4.79 Å². The van der Waals surface area contributed by atoms with Crippen LogP contribution in [0.2, 0.25) is 0 Å². The summed E-state index contributed by atoms with van der Waals surface area (Å²) in [6.07, 6.45) is 17.4. The summed E-state index contributed by atoms with van der Waals surface area (Å²) in [4.78, 5) is 11.7. The topological polar surface area (TPSA) is 52.9 Å². The van der Waals surface area contributed by atoms with Crippen molar-refractivity contribution in [1.29, 1.82) is 5.26 Å². The van der Waals surface area contributed by atoms with Crippen molar-refractivity contribution in [3.8, 4) is 6.07 Å². The summed E-state index contributed by atoms with van der Waals surface area (Å²) < 4.78 is 0. The Morgan fingerprint density at radius 3 is 1.77 bits per heavy atom. The first kappa shape index (κ1) is 19.0. The number of unbranched alkanes of at least 4 members (excludes halogenated alkanes) is 11. The Bertz CT molecular complexity index is 342. The molecule has 3 heteroatoms. The van der Waals surface area contributed by atoms with Gasteiger partial charge in [-0.15, -0.1) is 0 Å². The van der Waals surface area contributed by atoms with Crippen molar-refractivity contribution in [3.63, 3.8) is 0 Å². The van der Waals surface area contributed by atoms with Crippen LogP contribution in [0.4, 0.5) is 0 Å². The zero-order chi connectivity index (χ0) is 16.1. The Labute approximate surface area is 136 Å². The molecule has 0 saturated heterocycles. The van der Waals surface area contributed by atoms with Gasteiger partial charge in [0.05, 0.1) is 6.07 Å². The molecule has 0 bridgehead atoms. The van der Waals surface area contributed by atoms with Gasteiger partial charge in [-0.2, -0.15) is 5.26 Å². The Kier molecular flexibility index (Phi) is 9.95. The molecule has 22 heavy (non-hydrogen) atoms. The molecule has 1 aliphatic rings. The van der Waals surface area contributed by atoms with Crippen molar-refractivity contribution in [2.75, 3.05) is 6.54 Å². The Morgan fingerprint density at radius 1 is 0.909 bits per heavy atom. The van der Waals surface area contributed by atoms with Crippen LogP contribution >= 0.6 is 0 Å². The average molecular weight is 306 g/mol. The molecule has 1 rings (SSSR count). The van der Waals surface area contributed by atoms with Gasteiger partial charge in [-0.3, -0.25) is 4.79 Å². The van der Waals surface area contributed by atoms with Crippen LogP contribution in [0.5, 0.6) is 0 Å². The molecule has 1 saturated carbocycles. The summed E-state index contributed by atoms with van der Waals surface area (Å²) in [6.45, 7) is 3.00. The molecule has 126 valence electrons. The van der Waals surface area contributed by atoms with Gasteiger partial charge >= 0.3 is 0 Å². The van der Waals surface area contributed by atoms with E-state index in [1.807, 2.05) is 0 Å². The predicted octanol–water partition coefficient (Wildman–Crippen LogP) is 5.11. The van der Waals surface area contributed by atoms with Crippen LogP contribution in [0.15, 0.2) is 0 Å². The third-order valence-corrected chi connectivity index (χ3v) is 4.71. The smallest absolute Gasteiger partial charge is 0.240 e. The molecule has 0 spiro atoms. The molecule has 0 aromatic heterocycles. The summed E-state index contributed by atoms with van der Waals surface area (Å²) >= 11 is 0. The molecular formula is C19H34N2O. The fourth-order valence-corrected chi connectivity index (χ4v) is 2.85. The van der Waals surface area contributed by atoms with Gasteiger partial charge in [-0.1, -0.05) is 77.6 Å². The molecule has 1 amide bonds. The van der Waals surface area contributed by atoms with E-state index in [-0.39, 0.29) is 5.91 Å². The first-order valence-electron chi connectivity index (χ1n) is 9.45. The van der Waals surface area contributed by atoms with Gasteiger partial charge in [-0.25, -0.2) is 0 Å². The van der Waals surface area contributed by atoms with Crippen molar-refractivity contribution >= 4 is 5.91 Å². The van der Waals surface area contributed by atoms with Gasteiger partial charge in [0.1, 0.15) is 5.41 Å². The van der Waals surface area contributed by atoms with Crippen molar-refractivity contribution in [2.45, 2.75) is 96.8 Å². The van der Waals surface area contributed by atoms with Gasteiger partial charge in [0.15, 0.2) is 0 Å². The van der Waals surface area contributed by atoms with E-state index in [1.54, 1.807) is 0 Å². The first-order valence-corrected chi connectivity index (χ1v) is 9.45. The highest BCUT2D eigenvalue weighted by molar-refractivity contribution is 5.88. The molecule has 3 nitrogen and oxygen atoms in total. The number of nitrogens with one attached hydrogen (secondary N) is 1. The molecular weight excluding hydrogens is 272 g/mol. The summed E-state index contributed by atoms with van der Waals surface area (Å²) in [5.74, 6) is -0.0435. The number of nitriles is 1. The fourth-order valence-electron chi connectivity index (χ4n) is 2.85. The fraction of sp³-hybridized carbons (Fsp3) is 0.895. The second-order valence-corrected chi connectivity index (χ2v) is 6.84. The number of carbonyl (C=O) groups excluding carboxylic acids is 1. The number of hydrogen-bond acceptors (Lipinski definition) is 2. The van der Waals surface area contributed by atoms with Gasteiger partial charge < -0.3 is 5.32 Å². The highest BCUT2D eigenvalue weighted by Crippen LogP contribution is 2.44. The third-order valence-electron chi connectivity index (χ3n) is 4.71. The minimum Gasteiger partial charge on any atom is -0.355 e. The van der Waals surface area contributed by atoms with Crippen molar-refractivity contribution in [2.24, 2.45) is 5.41 Å². The van der Waals surface area contributed by atoms with Crippen LogP contribution in [-0.4, -0.2) is 12.5 Å². The molecule has 1 N–H and O–H groups in total. The lowest BCUT2D eigenvalue weighted by atomic mass is 10.1. The number of nitrogens with zero attached hydrogens (tertiary/aromatic N) is 1. The highest BCUT2D eigenvalue weighted by atomic mass is 16.2. The van der Waals surface area contributed by atoms with Gasteiger partial charge in [-0.05, 0) is 19.3 Å². The molecule has 0 aliphatic heterocycles. The Balaban J connectivity index is 1.77. The maximum atomic E-state index is 11.7. The SMILES string of the molecule is CCCCCCCCCCCCCCNC(=O)C1(C#N)CC1. The zero-order valence-corrected chi connectivity index (χ0v) is 14.5. The summed E-state index contributed by atoms with van der Waals surface area (Å²) in [5.41, 5.74) is -0.656. The van der Waals surface area contributed by atoms with Crippen LogP contribution in [0, 0.1) is 16.7 Å². The summed E-state index contributed by atoms with van der Waals surface area (Å²) in [7, 11) is 0. The lowest BCUT2D eigenvalue weighted by molar-refractivity contribution is -0.124. The first-order chi connectivity index (χ1) is 10.7. The van der Waals surface area contributed by atoms with Crippen LogP contribution in [0.25, 0.3) is 0 Å². The van der Waals surface area contributed by atoms with Gasteiger partial charge in [0.25, 0.3) is 0 Å². The standard InChI is InChI=1S/C19H34N2O/c1-2-3-4-5-6-7-8-9-10-11-12-13-16-21-18(22)19(17-20)14-15-19/h2-16H2,1H3,(H,21,22). The minimum atomic E-state index is -0.656. The van der Waals surface area contributed by atoms with Crippen LogP contribution < -0.4 is 5.32 Å². The highest BCUT2D eigenvalue weighted by Gasteiger charge is 2.50. The van der Waals surface area contributed by atoms with E-state index in [4.69, 9.17) is 5.26 Å². The Morgan fingerprint density at radius 2 is 1.36 bits per heavy atom. The maximum Gasteiger partial charge on any atom is 0.240 e. The summed E-state index contributed by atoms with van der Waals surface area (Å²) in [6, 6.07) is 2.14. The number of amides is 1. The minimum absolute atomic E-state index is 0.0435. The van der Waals surface area contributed by atoms with Crippen LogP contribution in [-0.2, 0) is 4.79 Å². The molecule has 1 fully saturated rings. The van der Waals surface area contributed by atoms with E-state index in [0.29, 0.717) is 0 Å². The molecule has 0 radical (unpaired) electrons. The quantitative estimate of drug-likeness (QED) is 0.453. The Hall–Kier alpha value is -1.04. The van der Waals surface area contributed by atoms with Crippen molar-refractivity contribution in [1.82, 2.24) is 5.32 Å². The maximum absolute atomic E-state index is 11.7. The molecule has 0 aromatic carbocycles. The average Bonchev–Trinajstić information content (AvgIpc) is 3.33. The van der Waals surface area contributed by atoms with E-state index in [1.165, 1.54) is 70.6 Å². The van der Waals surface area contributed by atoms with E-state index >= 15 is 0 Å². The van der Waals surface area contributed by atoms with E-state index in [2.05, 4.69) is 18.3 Å². The lowest BCUT2D eigenvalue weighted by Crippen LogP contribution is -2.31. The second-order valence-electron chi connectivity index (χ2n) is 6.84. The van der Waals surface area contributed by atoms with Crippen LogP contribution in [0.3, 0.4) is 0 Å². The molecule has 1 aliphatic carbocycles. The lowest BCUT2D eigenvalue weighted by Gasteiger charge is -2.07. The van der Waals surface area contributed by atoms with Gasteiger partial charge in [0, 0.05) is 6.54 Å². The molecule has 0 unspecified atom stereocenters. The molecule has 0 heterocycles. The van der Waals surface area contributed by atoms with E-state index in [9.17, 15) is 4.79 Å². The van der Waals surface area contributed by atoms with E-state index in [0.717, 1.165) is 25.8 Å². The second kappa shape index (κ2) is 11.5. The number of rotatable bonds is 14. The predicted molar refractivity (Wildman–Crippen MR) is 91.4 cm³/mol. The molecule has 0 aromatic rings. The monoisotopic (exact) mass is 306 g/mol. The largest absolute Gasteiger partial charge is 0.355 e.